The van der Waals surface area contributed by atoms with Crippen LogP contribution in [0.3, 0.4) is 0 Å². The summed E-state index contributed by atoms with van der Waals surface area (Å²) >= 11 is 13.5. The minimum atomic E-state index is 0.186. The Balaban J connectivity index is 1.99. The Morgan fingerprint density at radius 2 is 1.95 bits per heavy atom. The van der Waals surface area contributed by atoms with Crippen molar-refractivity contribution in [3.05, 3.63) is 28.2 Å². The summed E-state index contributed by atoms with van der Waals surface area (Å²) in [7, 11) is 0. The van der Waals surface area contributed by atoms with Gasteiger partial charge in [0.2, 0.25) is 5.91 Å². The highest BCUT2D eigenvalue weighted by molar-refractivity contribution is 8.00. The highest BCUT2D eigenvalue weighted by Gasteiger charge is 2.28. The molecule has 1 aromatic rings. The molecule has 2 unspecified atom stereocenters. The van der Waals surface area contributed by atoms with Gasteiger partial charge >= 0.3 is 0 Å². The molecule has 1 aliphatic rings. The summed E-state index contributed by atoms with van der Waals surface area (Å²) in [5, 5.41) is 1.29. The summed E-state index contributed by atoms with van der Waals surface area (Å²) < 4.78 is 0. The van der Waals surface area contributed by atoms with Gasteiger partial charge in [0, 0.05) is 22.0 Å². The second-order valence-corrected chi connectivity index (χ2v) is 7.15. The van der Waals surface area contributed by atoms with Crippen LogP contribution in [-0.4, -0.2) is 28.6 Å². The van der Waals surface area contributed by atoms with Gasteiger partial charge in [-0.25, -0.2) is 0 Å². The van der Waals surface area contributed by atoms with Gasteiger partial charge in [-0.15, -0.1) is 11.8 Å². The van der Waals surface area contributed by atoms with Gasteiger partial charge in [-0.1, -0.05) is 23.2 Å². The zero-order valence-corrected chi connectivity index (χ0v) is 14.1. The molecule has 1 fully saturated rings. The van der Waals surface area contributed by atoms with Gasteiger partial charge in [-0.3, -0.25) is 4.79 Å². The first-order chi connectivity index (χ1) is 9.49. The van der Waals surface area contributed by atoms with Crippen molar-refractivity contribution in [2.45, 2.75) is 50.1 Å². The van der Waals surface area contributed by atoms with Crippen LogP contribution in [0, 0.1) is 0 Å². The van der Waals surface area contributed by atoms with Gasteiger partial charge in [0.25, 0.3) is 0 Å². The van der Waals surface area contributed by atoms with E-state index in [-0.39, 0.29) is 5.91 Å². The molecule has 0 aromatic heterocycles. The molecule has 2 atom stereocenters. The molecule has 1 saturated heterocycles. The lowest BCUT2D eigenvalue weighted by molar-refractivity contribution is -0.134. The van der Waals surface area contributed by atoms with Crippen LogP contribution in [0.4, 0.5) is 0 Å². The molecular weight excluding hydrogens is 313 g/mol. The summed E-state index contributed by atoms with van der Waals surface area (Å²) in [6, 6.07) is 6.00. The number of piperidine rings is 1. The smallest absolute Gasteiger partial charge is 0.233 e. The Bertz CT molecular complexity index is 485. The molecule has 1 aliphatic heterocycles. The van der Waals surface area contributed by atoms with Crippen molar-refractivity contribution in [3.63, 3.8) is 0 Å². The standard InChI is InChI=1S/C15H19Cl2NOS/c1-10-4-3-5-11(2)18(10)15(19)9-20-14-8-12(16)6-7-13(14)17/h6-8,10-11H,3-5,9H2,1-2H3. The van der Waals surface area contributed by atoms with Gasteiger partial charge in [0.1, 0.15) is 0 Å². The molecule has 5 heteroatoms. The number of likely N-dealkylation sites (tertiary alicyclic amines) is 1. The molecule has 1 heterocycles. The van der Waals surface area contributed by atoms with Crippen LogP contribution < -0.4 is 0 Å². The zero-order valence-electron chi connectivity index (χ0n) is 11.7. The quantitative estimate of drug-likeness (QED) is 0.736. The number of halogens is 2. The SMILES string of the molecule is CC1CCCC(C)N1C(=O)CSc1cc(Cl)ccc1Cl. The molecule has 0 saturated carbocycles. The minimum absolute atomic E-state index is 0.186. The molecule has 0 N–H and O–H groups in total. The number of rotatable bonds is 3. The molecular formula is C15H19Cl2NOS. The molecule has 2 nitrogen and oxygen atoms in total. The van der Waals surface area contributed by atoms with E-state index in [4.69, 9.17) is 23.2 Å². The van der Waals surface area contributed by atoms with Gasteiger partial charge in [0.15, 0.2) is 0 Å². The van der Waals surface area contributed by atoms with Crippen molar-refractivity contribution in [2.24, 2.45) is 0 Å². The first-order valence-corrected chi connectivity index (χ1v) is 8.62. The molecule has 2 rings (SSSR count). The van der Waals surface area contributed by atoms with Crippen LogP contribution >= 0.6 is 35.0 Å². The van der Waals surface area contributed by atoms with E-state index < -0.39 is 0 Å². The van der Waals surface area contributed by atoms with Crippen molar-refractivity contribution in [2.75, 3.05) is 5.75 Å². The maximum absolute atomic E-state index is 12.4. The fourth-order valence-corrected chi connectivity index (χ4v) is 4.08. The average Bonchev–Trinajstić information content (AvgIpc) is 2.39. The minimum Gasteiger partial charge on any atom is -0.337 e. The second kappa shape index (κ2) is 7.06. The third-order valence-corrected chi connectivity index (χ3v) is 5.44. The number of carbonyl (C=O) groups is 1. The highest BCUT2D eigenvalue weighted by atomic mass is 35.5. The Morgan fingerprint density at radius 1 is 1.30 bits per heavy atom. The monoisotopic (exact) mass is 331 g/mol. The molecule has 1 aromatic carbocycles. The average molecular weight is 332 g/mol. The van der Waals surface area contributed by atoms with E-state index in [2.05, 4.69) is 13.8 Å². The van der Waals surface area contributed by atoms with Gasteiger partial charge in [-0.05, 0) is 51.3 Å². The summed E-state index contributed by atoms with van der Waals surface area (Å²) in [6.07, 6.45) is 3.40. The second-order valence-electron chi connectivity index (χ2n) is 5.29. The molecule has 0 radical (unpaired) electrons. The van der Waals surface area contributed by atoms with Gasteiger partial charge in [0.05, 0.1) is 10.8 Å². The fourth-order valence-electron chi connectivity index (χ4n) is 2.71. The van der Waals surface area contributed by atoms with Crippen LogP contribution in [0.25, 0.3) is 0 Å². The van der Waals surface area contributed by atoms with E-state index in [0.717, 1.165) is 17.7 Å². The Labute approximate surface area is 134 Å². The number of carbonyl (C=O) groups excluding carboxylic acids is 1. The lowest BCUT2D eigenvalue weighted by Crippen LogP contribution is -2.48. The number of nitrogens with zero attached hydrogens (tertiary/aromatic N) is 1. The van der Waals surface area contributed by atoms with E-state index in [1.807, 2.05) is 11.0 Å². The largest absolute Gasteiger partial charge is 0.337 e. The number of benzene rings is 1. The molecule has 20 heavy (non-hydrogen) atoms. The first-order valence-electron chi connectivity index (χ1n) is 6.88. The molecule has 0 bridgehead atoms. The summed E-state index contributed by atoms with van der Waals surface area (Å²) in [4.78, 5) is 15.3. The molecule has 0 aliphatic carbocycles. The molecule has 1 amide bonds. The van der Waals surface area contributed by atoms with Crippen molar-refractivity contribution in [3.8, 4) is 0 Å². The lowest BCUT2D eigenvalue weighted by atomic mass is 9.98. The lowest BCUT2D eigenvalue weighted by Gasteiger charge is -2.39. The highest BCUT2D eigenvalue weighted by Crippen LogP contribution is 2.31. The van der Waals surface area contributed by atoms with Crippen molar-refractivity contribution < 1.29 is 4.79 Å². The maximum Gasteiger partial charge on any atom is 0.233 e. The maximum atomic E-state index is 12.4. The first kappa shape index (κ1) is 16.0. The van der Waals surface area contributed by atoms with Gasteiger partial charge in [-0.2, -0.15) is 0 Å². The Morgan fingerprint density at radius 3 is 2.60 bits per heavy atom. The fraction of sp³-hybridized carbons (Fsp3) is 0.533. The third kappa shape index (κ3) is 3.84. The van der Waals surface area contributed by atoms with E-state index in [1.165, 1.54) is 18.2 Å². The van der Waals surface area contributed by atoms with Crippen LogP contribution in [-0.2, 0) is 4.79 Å². The number of hydrogen-bond acceptors (Lipinski definition) is 2. The number of amides is 1. The molecule has 110 valence electrons. The van der Waals surface area contributed by atoms with E-state index >= 15 is 0 Å². The Kier molecular flexibility index (Phi) is 5.65. The van der Waals surface area contributed by atoms with E-state index in [0.29, 0.717) is 27.9 Å². The predicted molar refractivity (Wildman–Crippen MR) is 86.8 cm³/mol. The third-order valence-electron chi connectivity index (χ3n) is 3.73. The van der Waals surface area contributed by atoms with Crippen LogP contribution in [0.15, 0.2) is 23.1 Å². The van der Waals surface area contributed by atoms with Crippen molar-refractivity contribution in [1.29, 1.82) is 0 Å². The summed E-state index contributed by atoms with van der Waals surface area (Å²) in [6.45, 7) is 4.26. The predicted octanol–water partition coefficient (Wildman–Crippen LogP) is 4.88. The van der Waals surface area contributed by atoms with Crippen LogP contribution in [0.5, 0.6) is 0 Å². The topological polar surface area (TPSA) is 20.3 Å². The zero-order chi connectivity index (χ0) is 14.7. The van der Waals surface area contributed by atoms with Crippen molar-refractivity contribution in [1.82, 2.24) is 4.90 Å². The summed E-state index contributed by atoms with van der Waals surface area (Å²) in [5.41, 5.74) is 0. The summed E-state index contributed by atoms with van der Waals surface area (Å²) in [5.74, 6) is 0.597. The van der Waals surface area contributed by atoms with Crippen LogP contribution in [0.1, 0.15) is 33.1 Å². The van der Waals surface area contributed by atoms with Gasteiger partial charge < -0.3 is 4.90 Å². The molecule has 0 spiro atoms. The Hall–Kier alpha value is -0.380. The van der Waals surface area contributed by atoms with E-state index in [1.54, 1.807) is 12.1 Å². The van der Waals surface area contributed by atoms with Crippen LogP contribution in [0.2, 0.25) is 10.0 Å². The van der Waals surface area contributed by atoms with Crippen molar-refractivity contribution >= 4 is 40.9 Å². The number of hydrogen-bond donors (Lipinski definition) is 0. The number of thioether (sulfide) groups is 1. The van der Waals surface area contributed by atoms with E-state index in [9.17, 15) is 4.79 Å². The normalized spacial score (nSPS) is 22.9.